The number of sulfone groups is 1. The van der Waals surface area contributed by atoms with Gasteiger partial charge in [-0.3, -0.25) is 4.79 Å². The van der Waals surface area contributed by atoms with Gasteiger partial charge in [0.1, 0.15) is 5.37 Å². The molecule has 0 spiro atoms. The highest BCUT2D eigenvalue weighted by molar-refractivity contribution is 8.00. The van der Waals surface area contributed by atoms with Gasteiger partial charge in [-0.15, -0.1) is 0 Å². The van der Waals surface area contributed by atoms with Crippen molar-refractivity contribution >= 4 is 27.5 Å². The molecule has 0 aromatic carbocycles. The summed E-state index contributed by atoms with van der Waals surface area (Å²) in [5, 5.41) is -0.707. The van der Waals surface area contributed by atoms with E-state index < -0.39 is 20.6 Å². The normalized spacial score (nSPS) is 24.7. The lowest BCUT2D eigenvalue weighted by Crippen LogP contribution is -2.55. The number of carbonyl (C=O) groups excluding carboxylic acids is 1. The van der Waals surface area contributed by atoms with Crippen LogP contribution < -0.4 is 5.73 Å². The fourth-order valence-electron chi connectivity index (χ4n) is 1.90. The van der Waals surface area contributed by atoms with Gasteiger partial charge in [0.05, 0.1) is 5.41 Å². The molecular formula is C11H22N2O3S2. The molecule has 2 N–H and O–H groups in total. The van der Waals surface area contributed by atoms with Crippen molar-refractivity contribution in [2.24, 2.45) is 11.1 Å². The van der Waals surface area contributed by atoms with Crippen LogP contribution in [0, 0.1) is 5.41 Å². The maximum atomic E-state index is 12.5. The van der Waals surface area contributed by atoms with Gasteiger partial charge < -0.3 is 10.6 Å². The van der Waals surface area contributed by atoms with Crippen LogP contribution in [0.5, 0.6) is 0 Å². The van der Waals surface area contributed by atoms with Gasteiger partial charge in [0.15, 0.2) is 9.84 Å². The van der Waals surface area contributed by atoms with Crippen LogP contribution in [0.1, 0.15) is 20.3 Å². The van der Waals surface area contributed by atoms with E-state index in [1.54, 1.807) is 18.7 Å². The highest BCUT2D eigenvalue weighted by Crippen LogP contribution is 2.28. The smallest absolute Gasteiger partial charge is 0.230 e. The number of nitrogens with two attached hydrogens (primary N) is 1. The maximum Gasteiger partial charge on any atom is 0.230 e. The summed E-state index contributed by atoms with van der Waals surface area (Å²) >= 11 is 1.57. The number of hydrogen-bond donors (Lipinski definition) is 1. The minimum atomic E-state index is -3.25. The van der Waals surface area contributed by atoms with Crippen LogP contribution in [0.3, 0.4) is 0 Å². The summed E-state index contributed by atoms with van der Waals surface area (Å²) < 4.78 is 23.5. The first-order chi connectivity index (χ1) is 8.26. The molecule has 1 saturated heterocycles. The second kappa shape index (κ2) is 5.79. The molecule has 0 bridgehead atoms. The maximum absolute atomic E-state index is 12.5. The molecule has 1 aliphatic rings. The second-order valence-electron chi connectivity index (χ2n) is 4.98. The van der Waals surface area contributed by atoms with Gasteiger partial charge in [-0.1, -0.05) is 6.92 Å². The van der Waals surface area contributed by atoms with Crippen LogP contribution in [-0.2, 0) is 14.6 Å². The minimum absolute atomic E-state index is 0.136. The molecule has 1 heterocycles. The third-order valence-corrected chi connectivity index (χ3v) is 6.23. The number of amides is 1. The summed E-state index contributed by atoms with van der Waals surface area (Å²) in [6.45, 7) is 4.43. The van der Waals surface area contributed by atoms with Crippen molar-refractivity contribution in [2.45, 2.75) is 25.6 Å². The number of thioether (sulfide) groups is 1. The van der Waals surface area contributed by atoms with Crippen molar-refractivity contribution in [3.05, 3.63) is 0 Å². The van der Waals surface area contributed by atoms with E-state index in [2.05, 4.69) is 0 Å². The number of rotatable bonds is 4. The summed E-state index contributed by atoms with van der Waals surface area (Å²) in [4.78, 5) is 14.0. The molecule has 2 atom stereocenters. The molecule has 0 radical (unpaired) electrons. The van der Waals surface area contributed by atoms with Crippen molar-refractivity contribution < 1.29 is 13.2 Å². The fourth-order valence-corrected chi connectivity index (χ4v) is 4.71. The number of hydrogen-bond acceptors (Lipinski definition) is 5. The molecule has 7 heteroatoms. The topological polar surface area (TPSA) is 80.5 Å². The Morgan fingerprint density at radius 1 is 1.56 bits per heavy atom. The predicted molar refractivity (Wildman–Crippen MR) is 75.1 cm³/mol. The average molecular weight is 294 g/mol. The number of carbonyl (C=O) groups is 1. The van der Waals surface area contributed by atoms with Crippen molar-refractivity contribution in [3.8, 4) is 0 Å². The first-order valence-corrected chi connectivity index (χ1v) is 9.15. The average Bonchev–Trinajstić information content (AvgIpc) is 2.36. The Kier molecular flexibility index (Phi) is 5.08. The van der Waals surface area contributed by atoms with Crippen LogP contribution in [0.4, 0.5) is 0 Å². The van der Waals surface area contributed by atoms with E-state index >= 15 is 0 Å². The third-order valence-electron chi connectivity index (χ3n) is 3.59. The molecule has 1 amide bonds. The van der Waals surface area contributed by atoms with E-state index in [4.69, 9.17) is 5.73 Å². The fraction of sp³-hybridized carbons (Fsp3) is 0.909. The molecular weight excluding hydrogens is 272 g/mol. The first kappa shape index (κ1) is 15.8. The third kappa shape index (κ3) is 3.19. The molecule has 0 aromatic rings. The van der Waals surface area contributed by atoms with E-state index in [9.17, 15) is 13.2 Å². The quantitative estimate of drug-likeness (QED) is 0.807. The lowest BCUT2D eigenvalue weighted by atomic mass is 9.86. The van der Waals surface area contributed by atoms with Gasteiger partial charge >= 0.3 is 0 Å². The summed E-state index contributed by atoms with van der Waals surface area (Å²) in [5.74, 6) is 1.10. The van der Waals surface area contributed by atoms with Crippen LogP contribution in [-0.4, -0.2) is 55.4 Å². The SMILES string of the molecule is CCC(C)(CN)C(=O)N1CCSCC1S(C)(=O)=O. The van der Waals surface area contributed by atoms with E-state index in [1.165, 1.54) is 11.2 Å². The molecule has 0 saturated carbocycles. The van der Waals surface area contributed by atoms with Crippen molar-refractivity contribution in [2.75, 3.05) is 30.9 Å². The van der Waals surface area contributed by atoms with E-state index in [-0.39, 0.29) is 12.5 Å². The molecule has 1 rings (SSSR count). The monoisotopic (exact) mass is 294 g/mol. The van der Waals surface area contributed by atoms with Crippen molar-refractivity contribution in [1.82, 2.24) is 4.90 Å². The van der Waals surface area contributed by atoms with Crippen molar-refractivity contribution in [3.63, 3.8) is 0 Å². The zero-order chi connectivity index (χ0) is 14.0. The molecule has 1 aliphatic heterocycles. The molecule has 1 fully saturated rings. The molecule has 106 valence electrons. The lowest BCUT2D eigenvalue weighted by molar-refractivity contribution is -0.141. The molecule has 18 heavy (non-hydrogen) atoms. The van der Waals surface area contributed by atoms with Crippen LogP contribution in [0.2, 0.25) is 0 Å². The van der Waals surface area contributed by atoms with Gasteiger partial charge in [0.2, 0.25) is 5.91 Å². The molecule has 2 unspecified atom stereocenters. The molecule has 5 nitrogen and oxygen atoms in total. The Morgan fingerprint density at radius 3 is 2.61 bits per heavy atom. The predicted octanol–water partition coefficient (Wildman–Crippen LogP) is 0.308. The van der Waals surface area contributed by atoms with E-state index in [1.807, 2.05) is 6.92 Å². The summed E-state index contributed by atoms with van der Waals surface area (Å²) in [7, 11) is -3.25. The highest BCUT2D eigenvalue weighted by atomic mass is 32.2. The van der Waals surface area contributed by atoms with E-state index in [0.29, 0.717) is 18.7 Å². The number of nitrogens with zero attached hydrogens (tertiary/aromatic N) is 1. The zero-order valence-corrected chi connectivity index (χ0v) is 12.8. The Hall–Kier alpha value is -0.270. The first-order valence-electron chi connectivity index (χ1n) is 6.04. The Labute approximate surface area is 113 Å². The van der Waals surface area contributed by atoms with Crippen LogP contribution >= 0.6 is 11.8 Å². The van der Waals surface area contributed by atoms with E-state index in [0.717, 1.165) is 5.75 Å². The van der Waals surface area contributed by atoms with Gasteiger partial charge in [-0.25, -0.2) is 8.42 Å². The Morgan fingerprint density at radius 2 is 2.17 bits per heavy atom. The highest BCUT2D eigenvalue weighted by Gasteiger charge is 2.41. The zero-order valence-electron chi connectivity index (χ0n) is 11.2. The van der Waals surface area contributed by atoms with Gasteiger partial charge in [-0.2, -0.15) is 11.8 Å². The Balaban J connectivity index is 3.01. The minimum Gasteiger partial charge on any atom is -0.329 e. The molecule has 0 aromatic heterocycles. The Bertz CT molecular complexity index is 405. The van der Waals surface area contributed by atoms with Crippen molar-refractivity contribution in [1.29, 1.82) is 0 Å². The van der Waals surface area contributed by atoms with Gasteiger partial charge in [0, 0.05) is 30.9 Å². The summed E-state index contributed by atoms with van der Waals surface area (Å²) in [6.07, 6.45) is 1.80. The standard InChI is InChI=1S/C11H22N2O3S2/c1-4-11(2,8-12)10(14)13-5-6-17-7-9(13)18(3,15)16/h9H,4-8,12H2,1-3H3. The van der Waals surface area contributed by atoms with Gasteiger partial charge in [-0.05, 0) is 13.3 Å². The van der Waals surface area contributed by atoms with Gasteiger partial charge in [0.25, 0.3) is 0 Å². The second-order valence-corrected chi connectivity index (χ2v) is 8.33. The van der Waals surface area contributed by atoms with Crippen LogP contribution in [0.15, 0.2) is 0 Å². The molecule has 0 aliphatic carbocycles. The van der Waals surface area contributed by atoms with Crippen LogP contribution in [0.25, 0.3) is 0 Å². The summed E-state index contributed by atoms with van der Waals surface area (Å²) in [6, 6.07) is 0. The lowest BCUT2D eigenvalue weighted by Gasteiger charge is -2.39. The summed E-state index contributed by atoms with van der Waals surface area (Å²) in [5.41, 5.74) is 5.02. The largest absolute Gasteiger partial charge is 0.329 e.